The Morgan fingerprint density at radius 2 is 2.00 bits per heavy atom. The van der Waals surface area contributed by atoms with Crippen molar-refractivity contribution in [2.24, 2.45) is 11.7 Å². The van der Waals surface area contributed by atoms with Gasteiger partial charge in [0.15, 0.2) is 0 Å². The van der Waals surface area contributed by atoms with Crippen LogP contribution in [-0.2, 0) is 6.54 Å². The van der Waals surface area contributed by atoms with E-state index in [1.54, 1.807) is 0 Å². The molecule has 1 aromatic carbocycles. The zero-order valence-electron chi connectivity index (χ0n) is 10.7. The molecule has 98 valence electrons. The van der Waals surface area contributed by atoms with Gasteiger partial charge in [0.1, 0.15) is 0 Å². The second kappa shape index (κ2) is 5.00. The van der Waals surface area contributed by atoms with Crippen molar-refractivity contribution in [1.82, 2.24) is 4.90 Å². The van der Waals surface area contributed by atoms with E-state index in [9.17, 15) is 5.11 Å². The fraction of sp³-hybridized carbons (Fsp3) is 0.600. The smallest absolute Gasteiger partial charge is 0.0610 e. The Kier molecular flexibility index (Phi) is 3.37. The molecule has 0 amide bonds. The maximum atomic E-state index is 10.1. The Labute approximate surface area is 109 Å². The second-order valence-corrected chi connectivity index (χ2v) is 5.66. The van der Waals surface area contributed by atoms with Crippen LogP contribution >= 0.6 is 0 Å². The normalized spacial score (nSPS) is 35.9. The Morgan fingerprint density at radius 3 is 2.72 bits per heavy atom. The Morgan fingerprint density at radius 1 is 1.22 bits per heavy atom. The van der Waals surface area contributed by atoms with Crippen molar-refractivity contribution >= 4 is 0 Å². The molecule has 2 heterocycles. The van der Waals surface area contributed by atoms with Gasteiger partial charge in [-0.05, 0) is 31.4 Å². The molecule has 2 bridgehead atoms. The number of rotatable bonds is 3. The van der Waals surface area contributed by atoms with E-state index in [4.69, 9.17) is 5.73 Å². The number of benzene rings is 1. The molecular weight excluding hydrogens is 224 g/mol. The summed E-state index contributed by atoms with van der Waals surface area (Å²) in [6, 6.07) is 11.6. The van der Waals surface area contributed by atoms with Crippen molar-refractivity contribution in [3.05, 3.63) is 35.9 Å². The summed E-state index contributed by atoms with van der Waals surface area (Å²) >= 11 is 0. The molecule has 0 aliphatic carbocycles. The molecule has 4 unspecified atom stereocenters. The molecule has 3 heteroatoms. The van der Waals surface area contributed by atoms with Crippen LogP contribution in [0.4, 0.5) is 0 Å². The quantitative estimate of drug-likeness (QED) is 0.846. The average Bonchev–Trinajstić information content (AvgIpc) is 2.67. The number of nitrogens with two attached hydrogens (primary N) is 1. The van der Waals surface area contributed by atoms with Crippen molar-refractivity contribution in [2.45, 2.75) is 44.0 Å². The number of aliphatic hydroxyl groups is 1. The maximum Gasteiger partial charge on any atom is 0.0610 e. The highest BCUT2D eigenvalue weighted by Gasteiger charge is 2.45. The van der Waals surface area contributed by atoms with E-state index in [1.165, 1.54) is 18.4 Å². The van der Waals surface area contributed by atoms with Gasteiger partial charge in [0.2, 0.25) is 0 Å². The summed E-state index contributed by atoms with van der Waals surface area (Å²) in [7, 11) is 0. The SMILES string of the molecule is NCC1C(O)CC2CCC1N2Cc1ccccc1. The van der Waals surface area contributed by atoms with E-state index in [2.05, 4.69) is 35.2 Å². The monoisotopic (exact) mass is 246 g/mol. The lowest BCUT2D eigenvalue weighted by atomic mass is 9.87. The minimum absolute atomic E-state index is 0.195. The number of hydrogen-bond acceptors (Lipinski definition) is 3. The zero-order chi connectivity index (χ0) is 12.5. The summed E-state index contributed by atoms with van der Waals surface area (Å²) in [6.45, 7) is 1.60. The lowest BCUT2D eigenvalue weighted by Crippen LogP contribution is -2.52. The molecule has 3 rings (SSSR count). The predicted octanol–water partition coefficient (Wildman–Crippen LogP) is 1.36. The van der Waals surface area contributed by atoms with Gasteiger partial charge >= 0.3 is 0 Å². The summed E-state index contributed by atoms with van der Waals surface area (Å²) in [5.74, 6) is 0.257. The fourth-order valence-electron chi connectivity index (χ4n) is 3.74. The molecule has 3 nitrogen and oxygen atoms in total. The van der Waals surface area contributed by atoms with Crippen LogP contribution in [0.3, 0.4) is 0 Å². The number of fused-ring (bicyclic) bond motifs is 2. The number of piperidine rings is 1. The molecule has 0 radical (unpaired) electrons. The van der Waals surface area contributed by atoms with Crippen LogP contribution in [0.5, 0.6) is 0 Å². The van der Waals surface area contributed by atoms with E-state index < -0.39 is 0 Å². The number of aliphatic hydroxyl groups excluding tert-OH is 1. The third-order valence-corrected chi connectivity index (χ3v) is 4.67. The molecule has 2 aliphatic heterocycles. The first-order valence-corrected chi connectivity index (χ1v) is 6.97. The van der Waals surface area contributed by atoms with E-state index >= 15 is 0 Å². The predicted molar refractivity (Wildman–Crippen MR) is 72.0 cm³/mol. The van der Waals surface area contributed by atoms with Crippen LogP contribution in [0.2, 0.25) is 0 Å². The molecule has 2 aliphatic rings. The third kappa shape index (κ3) is 2.07. The molecule has 0 aromatic heterocycles. The minimum Gasteiger partial charge on any atom is -0.393 e. The lowest BCUT2D eigenvalue weighted by molar-refractivity contribution is -0.0186. The van der Waals surface area contributed by atoms with Crippen LogP contribution in [0, 0.1) is 5.92 Å². The maximum absolute atomic E-state index is 10.1. The van der Waals surface area contributed by atoms with Gasteiger partial charge in [0.25, 0.3) is 0 Å². The molecular formula is C15H22N2O. The minimum atomic E-state index is -0.195. The van der Waals surface area contributed by atoms with Crippen LogP contribution in [0.1, 0.15) is 24.8 Å². The molecule has 18 heavy (non-hydrogen) atoms. The number of nitrogens with zero attached hydrogens (tertiary/aromatic N) is 1. The van der Waals surface area contributed by atoms with Gasteiger partial charge in [0.05, 0.1) is 6.10 Å². The summed E-state index contributed by atoms with van der Waals surface area (Å²) in [5.41, 5.74) is 7.21. The van der Waals surface area contributed by atoms with E-state index in [0.717, 1.165) is 13.0 Å². The summed E-state index contributed by atoms with van der Waals surface area (Å²) in [5, 5.41) is 10.1. The molecule has 4 atom stereocenters. The van der Waals surface area contributed by atoms with Crippen molar-refractivity contribution in [3.63, 3.8) is 0 Å². The van der Waals surface area contributed by atoms with Crippen LogP contribution < -0.4 is 5.73 Å². The topological polar surface area (TPSA) is 49.5 Å². The van der Waals surface area contributed by atoms with Crippen molar-refractivity contribution < 1.29 is 5.11 Å². The largest absolute Gasteiger partial charge is 0.393 e. The molecule has 2 saturated heterocycles. The average molecular weight is 246 g/mol. The van der Waals surface area contributed by atoms with Crippen molar-refractivity contribution in [2.75, 3.05) is 6.54 Å². The third-order valence-electron chi connectivity index (χ3n) is 4.67. The molecule has 2 fully saturated rings. The van der Waals surface area contributed by atoms with E-state index in [-0.39, 0.29) is 12.0 Å². The van der Waals surface area contributed by atoms with Gasteiger partial charge < -0.3 is 10.8 Å². The zero-order valence-corrected chi connectivity index (χ0v) is 10.7. The van der Waals surface area contributed by atoms with Crippen LogP contribution in [0.25, 0.3) is 0 Å². The van der Waals surface area contributed by atoms with Gasteiger partial charge in [-0.3, -0.25) is 4.90 Å². The fourth-order valence-corrected chi connectivity index (χ4v) is 3.74. The van der Waals surface area contributed by atoms with Gasteiger partial charge in [-0.1, -0.05) is 30.3 Å². The standard InChI is InChI=1S/C15H22N2O/c16-9-13-14-7-6-12(8-15(13)18)17(14)10-11-4-2-1-3-5-11/h1-5,12-15,18H,6-10,16H2. The van der Waals surface area contributed by atoms with Crippen LogP contribution in [-0.4, -0.2) is 34.7 Å². The van der Waals surface area contributed by atoms with E-state index in [1.807, 2.05) is 0 Å². The Hall–Kier alpha value is -0.900. The second-order valence-electron chi connectivity index (χ2n) is 5.66. The Bertz CT molecular complexity index is 395. The van der Waals surface area contributed by atoms with Gasteiger partial charge in [-0.15, -0.1) is 0 Å². The Balaban J connectivity index is 1.77. The highest BCUT2D eigenvalue weighted by atomic mass is 16.3. The summed E-state index contributed by atoms with van der Waals surface area (Å²) in [6.07, 6.45) is 3.10. The molecule has 3 N–H and O–H groups in total. The van der Waals surface area contributed by atoms with Gasteiger partial charge in [-0.25, -0.2) is 0 Å². The van der Waals surface area contributed by atoms with Crippen molar-refractivity contribution in [3.8, 4) is 0 Å². The molecule has 0 spiro atoms. The summed E-state index contributed by atoms with van der Waals surface area (Å²) < 4.78 is 0. The van der Waals surface area contributed by atoms with Gasteiger partial charge in [0, 0.05) is 24.5 Å². The van der Waals surface area contributed by atoms with Crippen LogP contribution in [0.15, 0.2) is 30.3 Å². The molecule has 1 aromatic rings. The lowest BCUT2D eigenvalue weighted by Gasteiger charge is -2.42. The first-order valence-electron chi connectivity index (χ1n) is 6.97. The first-order chi connectivity index (χ1) is 8.79. The molecule has 0 saturated carbocycles. The highest BCUT2D eigenvalue weighted by Crippen LogP contribution is 2.39. The summed E-state index contributed by atoms with van der Waals surface area (Å²) in [4.78, 5) is 2.57. The van der Waals surface area contributed by atoms with Crippen molar-refractivity contribution in [1.29, 1.82) is 0 Å². The highest BCUT2D eigenvalue weighted by molar-refractivity contribution is 5.16. The first kappa shape index (κ1) is 12.2. The number of hydrogen-bond donors (Lipinski definition) is 2. The van der Waals surface area contributed by atoms with E-state index in [0.29, 0.717) is 18.6 Å². The van der Waals surface area contributed by atoms with Gasteiger partial charge in [-0.2, -0.15) is 0 Å².